The molecule has 0 rings (SSSR count). The highest BCUT2D eigenvalue weighted by molar-refractivity contribution is 5.99. The zero-order valence-electron chi connectivity index (χ0n) is 20.5. The van der Waals surface area contributed by atoms with Crippen LogP contribution in [0.3, 0.4) is 0 Å². The first-order chi connectivity index (χ1) is 15.1. The van der Waals surface area contributed by atoms with Crippen molar-refractivity contribution in [1.29, 1.82) is 0 Å². The average Bonchev–Trinajstić information content (AvgIpc) is 2.68. The Hall–Kier alpha value is -2.24. The summed E-state index contributed by atoms with van der Waals surface area (Å²) in [4.78, 5) is 23.3. The molecular weight excluding hydrogens is 402 g/mol. The fourth-order valence-corrected chi connectivity index (χ4v) is 3.32. The SMILES string of the molecule is CCCCCCCCCC=CC=CC=CC=CC=CC(=O)C(O)(CC(=O)[O-])C[N+](C)(C)C. The number of ketones is 1. The molecule has 5 heteroatoms. The number of carboxylic acids is 1. The molecule has 1 unspecified atom stereocenters. The number of likely N-dealkylation sites (N-methyl/N-ethyl adjacent to an activating group) is 1. The van der Waals surface area contributed by atoms with Crippen LogP contribution >= 0.6 is 0 Å². The quantitative estimate of drug-likeness (QED) is 0.149. The van der Waals surface area contributed by atoms with Crippen molar-refractivity contribution in [2.75, 3.05) is 27.7 Å². The van der Waals surface area contributed by atoms with Crippen molar-refractivity contribution in [2.45, 2.75) is 70.3 Å². The predicted octanol–water partition coefficient (Wildman–Crippen LogP) is 4.05. The number of carboxylic acid groups (broad SMARTS) is 1. The molecule has 0 aliphatic rings. The van der Waals surface area contributed by atoms with Gasteiger partial charge in [-0.1, -0.05) is 100 Å². The summed E-state index contributed by atoms with van der Waals surface area (Å²) >= 11 is 0. The minimum Gasteiger partial charge on any atom is -0.550 e. The average molecular weight is 446 g/mol. The van der Waals surface area contributed by atoms with Gasteiger partial charge in [-0.3, -0.25) is 4.79 Å². The van der Waals surface area contributed by atoms with Gasteiger partial charge in [-0.2, -0.15) is 0 Å². The Morgan fingerprint density at radius 2 is 1.31 bits per heavy atom. The molecule has 0 spiro atoms. The number of hydrogen-bond acceptors (Lipinski definition) is 4. The van der Waals surface area contributed by atoms with Gasteiger partial charge in [0.1, 0.15) is 6.54 Å². The largest absolute Gasteiger partial charge is 0.550 e. The van der Waals surface area contributed by atoms with E-state index in [-0.39, 0.29) is 11.0 Å². The maximum absolute atomic E-state index is 12.3. The molecule has 0 aromatic heterocycles. The third-order valence-electron chi connectivity index (χ3n) is 4.77. The summed E-state index contributed by atoms with van der Waals surface area (Å²) < 4.78 is 0.252. The van der Waals surface area contributed by atoms with Crippen LogP contribution in [0.15, 0.2) is 60.8 Å². The van der Waals surface area contributed by atoms with E-state index in [4.69, 9.17) is 0 Å². The molecule has 0 saturated carbocycles. The first-order valence-electron chi connectivity index (χ1n) is 11.7. The van der Waals surface area contributed by atoms with Gasteiger partial charge in [-0.25, -0.2) is 0 Å². The zero-order valence-corrected chi connectivity index (χ0v) is 20.5. The monoisotopic (exact) mass is 445 g/mol. The molecule has 0 heterocycles. The van der Waals surface area contributed by atoms with Crippen LogP contribution in [-0.4, -0.2) is 54.6 Å². The molecule has 32 heavy (non-hydrogen) atoms. The highest BCUT2D eigenvalue weighted by Gasteiger charge is 2.39. The summed E-state index contributed by atoms with van der Waals surface area (Å²) in [6, 6.07) is 0. The van der Waals surface area contributed by atoms with Crippen LogP contribution in [0.25, 0.3) is 0 Å². The fourth-order valence-electron chi connectivity index (χ4n) is 3.32. The third-order valence-corrected chi connectivity index (χ3v) is 4.77. The summed E-state index contributed by atoms with van der Waals surface area (Å²) in [6.45, 7) is 2.22. The van der Waals surface area contributed by atoms with Crippen molar-refractivity contribution >= 4 is 11.8 Å². The van der Waals surface area contributed by atoms with E-state index in [1.807, 2.05) is 24.3 Å². The summed E-state index contributed by atoms with van der Waals surface area (Å²) in [5, 5.41) is 21.5. The third kappa shape index (κ3) is 17.4. The number of rotatable bonds is 18. The molecule has 1 N–H and O–H groups in total. The Morgan fingerprint density at radius 3 is 1.84 bits per heavy atom. The number of aliphatic carboxylic acids is 1. The molecule has 0 aliphatic carbocycles. The molecule has 0 saturated heterocycles. The molecular formula is C27H43NO4. The van der Waals surface area contributed by atoms with Crippen LogP contribution in [-0.2, 0) is 9.59 Å². The second-order valence-corrected chi connectivity index (χ2v) is 9.25. The first kappa shape index (κ1) is 29.8. The van der Waals surface area contributed by atoms with Gasteiger partial charge in [0, 0.05) is 12.4 Å². The van der Waals surface area contributed by atoms with Crippen LogP contribution in [0.2, 0.25) is 0 Å². The van der Waals surface area contributed by atoms with Crippen LogP contribution < -0.4 is 5.11 Å². The second-order valence-electron chi connectivity index (χ2n) is 9.25. The van der Waals surface area contributed by atoms with Gasteiger partial charge >= 0.3 is 0 Å². The van der Waals surface area contributed by atoms with Gasteiger partial charge in [0.05, 0.1) is 21.1 Å². The zero-order chi connectivity index (χ0) is 24.3. The predicted molar refractivity (Wildman–Crippen MR) is 131 cm³/mol. The van der Waals surface area contributed by atoms with Gasteiger partial charge in [0.25, 0.3) is 0 Å². The lowest BCUT2D eigenvalue weighted by molar-refractivity contribution is -0.875. The summed E-state index contributed by atoms with van der Waals surface area (Å²) in [5.41, 5.74) is -1.98. The van der Waals surface area contributed by atoms with E-state index in [1.165, 1.54) is 57.1 Å². The lowest BCUT2D eigenvalue weighted by Crippen LogP contribution is -2.55. The normalized spacial score (nSPS) is 15.0. The van der Waals surface area contributed by atoms with Gasteiger partial charge in [0.2, 0.25) is 0 Å². The number of carbonyl (C=O) groups excluding carboxylic acids is 2. The minimum atomic E-state index is -1.98. The van der Waals surface area contributed by atoms with Crippen molar-refractivity contribution in [3.8, 4) is 0 Å². The van der Waals surface area contributed by atoms with Gasteiger partial charge in [-0.15, -0.1) is 0 Å². The number of unbranched alkanes of at least 4 members (excludes halogenated alkanes) is 7. The smallest absolute Gasteiger partial charge is 0.193 e. The molecule has 0 aliphatic heterocycles. The van der Waals surface area contributed by atoms with E-state index < -0.39 is 23.8 Å². The van der Waals surface area contributed by atoms with Crippen LogP contribution in [0.1, 0.15) is 64.7 Å². The van der Waals surface area contributed by atoms with Crippen molar-refractivity contribution in [1.82, 2.24) is 0 Å². The molecule has 0 fully saturated rings. The molecule has 0 aromatic carbocycles. The maximum Gasteiger partial charge on any atom is 0.193 e. The van der Waals surface area contributed by atoms with Gasteiger partial charge in [-0.05, 0) is 18.9 Å². The fraction of sp³-hybridized carbons (Fsp3) is 0.556. The Kier molecular flexibility index (Phi) is 16.1. The van der Waals surface area contributed by atoms with E-state index in [0.29, 0.717) is 0 Å². The minimum absolute atomic E-state index is 0.0228. The Balaban J connectivity index is 4.28. The van der Waals surface area contributed by atoms with Crippen molar-refractivity contribution in [3.05, 3.63) is 60.8 Å². The van der Waals surface area contributed by atoms with Crippen LogP contribution in [0.5, 0.6) is 0 Å². The number of nitrogens with zero attached hydrogens (tertiary/aromatic N) is 1. The summed E-state index contributed by atoms with van der Waals surface area (Å²) in [7, 11) is 5.33. The molecule has 1 atom stereocenters. The molecule has 0 bridgehead atoms. The van der Waals surface area contributed by atoms with Crippen molar-refractivity contribution in [3.63, 3.8) is 0 Å². The Labute approximate surface area is 195 Å². The van der Waals surface area contributed by atoms with E-state index in [9.17, 15) is 19.8 Å². The number of hydrogen-bond donors (Lipinski definition) is 1. The molecule has 5 nitrogen and oxygen atoms in total. The Bertz CT molecular complexity index is 680. The van der Waals surface area contributed by atoms with Crippen LogP contribution in [0, 0.1) is 0 Å². The second kappa shape index (κ2) is 17.3. The van der Waals surface area contributed by atoms with E-state index in [2.05, 4.69) is 19.1 Å². The van der Waals surface area contributed by atoms with Crippen LogP contribution in [0.4, 0.5) is 0 Å². The first-order valence-corrected chi connectivity index (χ1v) is 11.7. The number of quaternary nitrogens is 1. The lowest BCUT2D eigenvalue weighted by Gasteiger charge is -2.34. The highest BCUT2D eigenvalue weighted by atomic mass is 16.4. The van der Waals surface area contributed by atoms with Crippen molar-refractivity contribution in [2.24, 2.45) is 0 Å². The summed E-state index contributed by atoms with van der Waals surface area (Å²) in [5.74, 6) is -2.10. The number of carbonyl (C=O) groups is 2. The molecule has 0 radical (unpaired) electrons. The van der Waals surface area contributed by atoms with E-state index >= 15 is 0 Å². The number of allylic oxidation sites excluding steroid dienone is 9. The van der Waals surface area contributed by atoms with E-state index in [0.717, 1.165) is 6.42 Å². The number of aliphatic hydroxyl groups is 1. The van der Waals surface area contributed by atoms with Gasteiger partial charge < -0.3 is 19.5 Å². The van der Waals surface area contributed by atoms with Gasteiger partial charge in [0.15, 0.2) is 11.4 Å². The van der Waals surface area contributed by atoms with E-state index in [1.54, 1.807) is 33.3 Å². The van der Waals surface area contributed by atoms with Crippen molar-refractivity contribution < 1.29 is 24.3 Å². The highest BCUT2D eigenvalue weighted by Crippen LogP contribution is 2.16. The maximum atomic E-state index is 12.3. The molecule has 180 valence electrons. The summed E-state index contributed by atoms with van der Waals surface area (Å²) in [6.07, 6.45) is 27.6. The molecule has 0 amide bonds. The Morgan fingerprint density at radius 1 is 0.812 bits per heavy atom. The standard InChI is InChI=1S/C27H43NO4/c1-5-6-7-8-9-10-11-12-13-14-15-16-17-18-19-20-21-22-25(29)27(32,23-26(30)31)24-28(2,3)4/h13-22,32H,5-12,23-24H2,1-4H3. The topological polar surface area (TPSA) is 77.4 Å². The molecule has 0 aromatic rings. The lowest BCUT2D eigenvalue weighted by atomic mass is 9.92.